The summed E-state index contributed by atoms with van der Waals surface area (Å²) in [4.78, 5) is 42.6. The molecule has 3 aliphatic heterocycles. The lowest BCUT2D eigenvalue weighted by molar-refractivity contribution is -0.150. The summed E-state index contributed by atoms with van der Waals surface area (Å²) in [6.07, 6.45) is 6.33. The lowest BCUT2D eigenvalue weighted by atomic mass is 9.70. The number of carboxylic acids is 1. The molecule has 1 spiro atoms. The number of amides is 2. The van der Waals surface area contributed by atoms with E-state index < -0.39 is 35.6 Å². The van der Waals surface area contributed by atoms with Crippen molar-refractivity contribution in [3.63, 3.8) is 0 Å². The number of aliphatic carboxylic acids is 1. The predicted molar refractivity (Wildman–Crippen MR) is 122 cm³/mol. The van der Waals surface area contributed by atoms with Crippen molar-refractivity contribution in [1.82, 2.24) is 9.80 Å². The molecular formula is C23H35BrN2O6. The van der Waals surface area contributed by atoms with Gasteiger partial charge in [-0.3, -0.25) is 14.4 Å². The molecule has 180 valence electrons. The van der Waals surface area contributed by atoms with Crippen molar-refractivity contribution in [3.05, 3.63) is 12.7 Å². The van der Waals surface area contributed by atoms with Crippen molar-refractivity contribution >= 4 is 33.7 Å². The van der Waals surface area contributed by atoms with E-state index in [4.69, 9.17) is 9.84 Å². The Morgan fingerprint density at radius 1 is 1.31 bits per heavy atom. The van der Waals surface area contributed by atoms with E-state index in [0.29, 0.717) is 38.9 Å². The van der Waals surface area contributed by atoms with Gasteiger partial charge in [0.25, 0.3) is 0 Å². The zero-order valence-electron chi connectivity index (χ0n) is 18.7. The molecule has 3 rings (SSSR count). The largest absolute Gasteiger partial charge is 0.481 e. The van der Waals surface area contributed by atoms with Gasteiger partial charge >= 0.3 is 5.97 Å². The Balaban J connectivity index is 1.94. The number of hydrogen-bond donors (Lipinski definition) is 2. The van der Waals surface area contributed by atoms with Gasteiger partial charge < -0.3 is 24.7 Å². The second kappa shape index (κ2) is 10.7. The van der Waals surface area contributed by atoms with Crippen LogP contribution in [0.5, 0.6) is 0 Å². The van der Waals surface area contributed by atoms with Crippen LogP contribution in [-0.2, 0) is 19.1 Å². The maximum Gasteiger partial charge on any atom is 0.310 e. The molecule has 0 aromatic carbocycles. The number of carbonyl (C=O) groups excluding carboxylic acids is 2. The number of alkyl halides is 1. The fraction of sp³-hybridized carbons (Fsp3) is 0.783. The average Bonchev–Trinajstić information content (AvgIpc) is 3.34. The Morgan fingerprint density at radius 2 is 2.06 bits per heavy atom. The number of hydrogen-bond acceptors (Lipinski definition) is 5. The van der Waals surface area contributed by atoms with Crippen LogP contribution in [0.3, 0.4) is 0 Å². The third kappa shape index (κ3) is 4.35. The quantitative estimate of drug-likeness (QED) is 0.221. The normalized spacial score (nSPS) is 32.9. The fourth-order valence-corrected chi connectivity index (χ4v) is 6.62. The Bertz CT molecular complexity index is 733. The first-order valence-electron chi connectivity index (χ1n) is 11.7. The minimum Gasteiger partial charge on any atom is -0.481 e. The number of ether oxygens (including phenoxy) is 1. The fourth-order valence-electron chi connectivity index (χ4n) is 5.68. The SMILES string of the molecule is C=CCN(CCCCC)C(=O)C1N(CCCCCO)C(=O)[C@@H]2[C@@H](C(=O)O)[C@@H]3OC12CC3Br. The highest BCUT2D eigenvalue weighted by Crippen LogP contribution is 2.60. The number of halogens is 1. The van der Waals surface area contributed by atoms with Crippen LogP contribution in [0.4, 0.5) is 0 Å². The molecule has 3 unspecified atom stereocenters. The summed E-state index contributed by atoms with van der Waals surface area (Å²) in [6, 6.07) is -0.842. The van der Waals surface area contributed by atoms with Crippen LogP contribution >= 0.6 is 15.9 Å². The molecule has 2 bridgehead atoms. The summed E-state index contributed by atoms with van der Waals surface area (Å²) in [5, 5.41) is 19.0. The zero-order chi connectivity index (χ0) is 23.5. The number of aliphatic hydroxyl groups is 1. The highest BCUT2D eigenvalue weighted by atomic mass is 79.9. The Morgan fingerprint density at radius 3 is 2.69 bits per heavy atom. The smallest absolute Gasteiger partial charge is 0.310 e. The van der Waals surface area contributed by atoms with Gasteiger partial charge in [0.15, 0.2) is 0 Å². The lowest BCUT2D eigenvalue weighted by Gasteiger charge is -2.37. The van der Waals surface area contributed by atoms with Gasteiger partial charge in [0.2, 0.25) is 11.8 Å². The summed E-state index contributed by atoms with van der Waals surface area (Å²) >= 11 is 3.56. The van der Waals surface area contributed by atoms with Gasteiger partial charge in [-0.2, -0.15) is 0 Å². The van der Waals surface area contributed by atoms with Crippen molar-refractivity contribution in [2.75, 3.05) is 26.2 Å². The number of fused-ring (bicyclic) bond motifs is 1. The van der Waals surface area contributed by atoms with E-state index in [2.05, 4.69) is 29.4 Å². The predicted octanol–water partition coefficient (Wildman–Crippen LogP) is 2.19. The molecule has 2 N–H and O–H groups in total. The van der Waals surface area contributed by atoms with Gasteiger partial charge in [-0.1, -0.05) is 41.8 Å². The van der Waals surface area contributed by atoms with Crippen LogP contribution < -0.4 is 0 Å². The van der Waals surface area contributed by atoms with Crippen molar-refractivity contribution in [3.8, 4) is 0 Å². The van der Waals surface area contributed by atoms with E-state index in [9.17, 15) is 19.5 Å². The van der Waals surface area contributed by atoms with Gasteiger partial charge in [0, 0.05) is 31.1 Å². The summed E-state index contributed by atoms with van der Waals surface area (Å²) in [7, 11) is 0. The number of nitrogens with zero attached hydrogens (tertiary/aromatic N) is 2. The molecule has 3 aliphatic rings. The van der Waals surface area contributed by atoms with E-state index in [-0.39, 0.29) is 23.2 Å². The second-order valence-corrected chi connectivity index (χ2v) is 10.3. The van der Waals surface area contributed by atoms with E-state index in [1.165, 1.54) is 0 Å². The molecule has 0 aliphatic carbocycles. The van der Waals surface area contributed by atoms with Crippen LogP contribution in [0, 0.1) is 11.8 Å². The monoisotopic (exact) mass is 514 g/mol. The molecular weight excluding hydrogens is 480 g/mol. The summed E-state index contributed by atoms with van der Waals surface area (Å²) in [5.41, 5.74) is -1.13. The molecule has 0 saturated carbocycles. The number of carboxylic acid groups (broad SMARTS) is 1. The minimum absolute atomic E-state index is 0.0740. The van der Waals surface area contributed by atoms with Gasteiger partial charge in [-0.25, -0.2) is 0 Å². The van der Waals surface area contributed by atoms with Crippen LogP contribution in [-0.4, -0.2) is 86.6 Å². The molecule has 9 heteroatoms. The second-order valence-electron chi connectivity index (χ2n) is 9.10. The van der Waals surface area contributed by atoms with Crippen LogP contribution in [0.15, 0.2) is 12.7 Å². The van der Waals surface area contributed by atoms with Gasteiger partial charge in [-0.15, -0.1) is 6.58 Å². The number of unbranched alkanes of at least 4 members (excludes halogenated alkanes) is 4. The van der Waals surface area contributed by atoms with Crippen molar-refractivity contribution in [1.29, 1.82) is 0 Å². The van der Waals surface area contributed by atoms with Crippen molar-refractivity contribution in [2.24, 2.45) is 11.8 Å². The number of likely N-dealkylation sites (tertiary alicyclic amines) is 1. The van der Waals surface area contributed by atoms with E-state index >= 15 is 0 Å². The number of rotatable bonds is 13. The topological polar surface area (TPSA) is 107 Å². The van der Waals surface area contributed by atoms with Crippen molar-refractivity contribution < 1.29 is 29.3 Å². The molecule has 6 atom stereocenters. The lowest BCUT2D eigenvalue weighted by Crippen LogP contribution is -2.57. The Hall–Kier alpha value is -1.45. The molecule has 3 fully saturated rings. The molecule has 0 aromatic heterocycles. The maximum absolute atomic E-state index is 13.9. The minimum atomic E-state index is -1.13. The molecule has 2 amide bonds. The summed E-state index contributed by atoms with van der Waals surface area (Å²) in [6.45, 7) is 7.24. The first kappa shape index (κ1) is 25.2. The average molecular weight is 515 g/mol. The highest BCUT2D eigenvalue weighted by Gasteiger charge is 2.76. The third-order valence-corrected chi connectivity index (χ3v) is 7.90. The summed E-state index contributed by atoms with van der Waals surface area (Å²) in [5.74, 6) is -3.36. The molecule has 8 nitrogen and oxygen atoms in total. The van der Waals surface area contributed by atoms with E-state index in [1.807, 2.05) is 0 Å². The maximum atomic E-state index is 13.9. The third-order valence-electron chi connectivity index (χ3n) is 7.06. The van der Waals surface area contributed by atoms with Crippen LogP contribution in [0.25, 0.3) is 0 Å². The molecule has 0 radical (unpaired) electrons. The first-order chi connectivity index (χ1) is 15.3. The Kier molecular flexibility index (Phi) is 8.38. The molecule has 3 heterocycles. The van der Waals surface area contributed by atoms with Gasteiger partial charge in [0.1, 0.15) is 11.6 Å². The van der Waals surface area contributed by atoms with Crippen LogP contribution in [0.2, 0.25) is 0 Å². The van der Waals surface area contributed by atoms with E-state index in [0.717, 1.165) is 25.7 Å². The summed E-state index contributed by atoms with van der Waals surface area (Å²) < 4.78 is 6.28. The highest BCUT2D eigenvalue weighted by molar-refractivity contribution is 9.09. The Labute approximate surface area is 198 Å². The number of aliphatic hydroxyl groups excluding tert-OH is 1. The molecule has 32 heavy (non-hydrogen) atoms. The molecule has 0 aromatic rings. The van der Waals surface area contributed by atoms with E-state index in [1.54, 1.807) is 15.9 Å². The van der Waals surface area contributed by atoms with Crippen molar-refractivity contribution in [2.45, 2.75) is 74.4 Å². The van der Waals surface area contributed by atoms with Gasteiger partial charge in [0.05, 0.1) is 17.9 Å². The van der Waals surface area contributed by atoms with Crippen LogP contribution in [0.1, 0.15) is 51.9 Å². The zero-order valence-corrected chi connectivity index (χ0v) is 20.3. The first-order valence-corrected chi connectivity index (χ1v) is 12.6. The molecule has 3 saturated heterocycles. The van der Waals surface area contributed by atoms with Gasteiger partial charge in [-0.05, 0) is 32.1 Å². The standard InChI is InChI=1S/C23H35BrN2O6/c1-3-5-7-11-25(10-4-2)21(29)19-23-14-15(24)18(32-23)16(22(30)31)17(23)20(28)26(19)12-8-6-9-13-27/h4,15-19,27H,2-3,5-14H2,1H3,(H,30,31)/t15?,16-,17+,18-,19?,23?/m1/s1. The number of carbonyl (C=O) groups is 3.